The number of benzene rings is 1. The molecule has 0 atom stereocenters. The number of carbonyl (C=O) groups is 1. The van der Waals surface area contributed by atoms with E-state index in [9.17, 15) is 18.0 Å². The van der Waals surface area contributed by atoms with Crippen molar-refractivity contribution in [2.24, 2.45) is 0 Å². The summed E-state index contributed by atoms with van der Waals surface area (Å²) in [5.74, 6) is 0. The van der Waals surface area contributed by atoms with Gasteiger partial charge in [0.15, 0.2) is 0 Å². The van der Waals surface area contributed by atoms with Gasteiger partial charge < -0.3 is 0 Å². The van der Waals surface area contributed by atoms with E-state index in [4.69, 9.17) is 16.9 Å². The van der Waals surface area contributed by atoms with Crippen molar-refractivity contribution in [3.8, 4) is 6.07 Å². The average Bonchev–Trinajstić information content (AvgIpc) is 2.14. The zero-order chi connectivity index (χ0) is 12.5. The Balaban J connectivity index is 3.67. The van der Waals surface area contributed by atoms with Crippen LogP contribution in [0.4, 0.5) is 13.2 Å². The fourth-order valence-electron chi connectivity index (χ4n) is 1.34. The van der Waals surface area contributed by atoms with Gasteiger partial charge in [0.05, 0.1) is 17.2 Å². The third-order valence-corrected chi connectivity index (χ3v) is 2.10. The average molecular weight is 248 g/mol. The molecule has 84 valence electrons. The first-order valence-electron chi connectivity index (χ1n) is 4.09. The summed E-state index contributed by atoms with van der Waals surface area (Å²) in [6.07, 6.45) is -4.78. The molecule has 0 heterocycles. The molecule has 1 rings (SSSR count). The van der Waals surface area contributed by atoms with E-state index in [-0.39, 0.29) is 0 Å². The van der Waals surface area contributed by atoms with Gasteiger partial charge in [0, 0.05) is 5.56 Å². The molecule has 0 saturated carbocycles. The van der Waals surface area contributed by atoms with Gasteiger partial charge in [-0.3, -0.25) is 4.79 Å². The third kappa shape index (κ3) is 2.34. The molecule has 0 N–H and O–H groups in total. The minimum atomic E-state index is -4.78. The first-order valence-corrected chi connectivity index (χ1v) is 4.47. The molecule has 0 saturated heterocycles. The lowest BCUT2D eigenvalue weighted by Crippen LogP contribution is -2.14. The maximum absolute atomic E-state index is 12.6. The van der Waals surface area contributed by atoms with Crippen LogP contribution in [0.15, 0.2) is 12.1 Å². The third-order valence-electron chi connectivity index (χ3n) is 1.90. The minimum absolute atomic E-state index is 0.369. The first-order chi connectivity index (χ1) is 7.27. The quantitative estimate of drug-likeness (QED) is 0.715. The molecular formula is C10H5ClF3NO. The lowest BCUT2D eigenvalue weighted by atomic mass is 9.99. The van der Waals surface area contributed by atoms with Crippen LogP contribution < -0.4 is 0 Å². The number of halogens is 4. The number of aryl methyl sites for hydroxylation is 1. The van der Waals surface area contributed by atoms with E-state index in [1.165, 1.54) is 13.0 Å². The van der Waals surface area contributed by atoms with Gasteiger partial charge in [-0.1, -0.05) is 0 Å². The van der Waals surface area contributed by atoms with E-state index >= 15 is 0 Å². The molecule has 2 nitrogen and oxygen atoms in total. The number of nitriles is 1. The number of nitrogens with zero attached hydrogens (tertiary/aromatic N) is 1. The van der Waals surface area contributed by atoms with Crippen molar-refractivity contribution in [3.63, 3.8) is 0 Å². The highest BCUT2D eigenvalue weighted by molar-refractivity contribution is 6.68. The Kier molecular flexibility index (Phi) is 3.24. The van der Waals surface area contributed by atoms with Crippen molar-refractivity contribution in [1.29, 1.82) is 5.26 Å². The molecule has 0 amide bonds. The van der Waals surface area contributed by atoms with Crippen molar-refractivity contribution in [2.75, 3.05) is 0 Å². The van der Waals surface area contributed by atoms with Crippen LogP contribution in [-0.4, -0.2) is 5.24 Å². The van der Waals surface area contributed by atoms with E-state index in [0.717, 1.165) is 12.1 Å². The van der Waals surface area contributed by atoms with Crippen LogP contribution in [0.3, 0.4) is 0 Å². The Labute approximate surface area is 94.2 Å². The van der Waals surface area contributed by atoms with Crippen molar-refractivity contribution in [3.05, 3.63) is 34.4 Å². The van der Waals surface area contributed by atoms with Crippen LogP contribution >= 0.6 is 11.6 Å². The Hall–Kier alpha value is -1.54. The molecule has 6 heteroatoms. The SMILES string of the molecule is Cc1cc(C#N)c(C(F)(F)F)c(C(=O)Cl)c1. The molecule has 0 spiro atoms. The van der Waals surface area contributed by atoms with Crippen molar-refractivity contribution in [1.82, 2.24) is 0 Å². The second-order valence-corrected chi connectivity index (χ2v) is 3.46. The molecular weight excluding hydrogens is 243 g/mol. The van der Waals surface area contributed by atoms with Crippen molar-refractivity contribution >= 4 is 16.8 Å². The van der Waals surface area contributed by atoms with Gasteiger partial charge in [0.2, 0.25) is 0 Å². The fourth-order valence-corrected chi connectivity index (χ4v) is 1.48. The zero-order valence-electron chi connectivity index (χ0n) is 8.02. The number of rotatable bonds is 1. The van der Waals surface area contributed by atoms with Gasteiger partial charge in [0.1, 0.15) is 0 Å². The summed E-state index contributed by atoms with van der Waals surface area (Å²) in [6.45, 7) is 1.48. The van der Waals surface area contributed by atoms with Gasteiger partial charge in [-0.05, 0) is 36.2 Å². The molecule has 16 heavy (non-hydrogen) atoms. The number of hydrogen-bond acceptors (Lipinski definition) is 2. The summed E-state index contributed by atoms with van der Waals surface area (Å²) in [5, 5.41) is 7.38. The minimum Gasteiger partial charge on any atom is -0.276 e. The maximum atomic E-state index is 12.6. The number of carbonyl (C=O) groups excluding carboxylic acids is 1. The molecule has 0 aliphatic rings. The van der Waals surface area contributed by atoms with Crippen LogP contribution in [0.5, 0.6) is 0 Å². The molecule has 1 aromatic rings. The zero-order valence-corrected chi connectivity index (χ0v) is 8.78. The number of hydrogen-bond donors (Lipinski definition) is 0. The predicted molar refractivity (Wildman–Crippen MR) is 51.1 cm³/mol. The Bertz CT molecular complexity index is 488. The molecule has 0 bridgehead atoms. The van der Waals surface area contributed by atoms with Crippen LogP contribution in [0.2, 0.25) is 0 Å². The van der Waals surface area contributed by atoms with E-state index in [2.05, 4.69) is 0 Å². The van der Waals surface area contributed by atoms with E-state index in [1.54, 1.807) is 0 Å². The molecule has 0 aromatic heterocycles. The summed E-state index contributed by atoms with van der Waals surface area (Å²) in [6, 6.07) is 3.48. The second kappa shape index (κ2) is 4.14. The smallest absolute Gasteiger partial charge is 0.276 e. The molecule has 0 aliphatic heterocycles. The highest BCUT2D eigenvalue weighted by atomic mass is 35.5. The lowest BCUT2D eigenvalue weighted by Gasteiger charge is -2.12. The molecule has 0 radical (unpaired) electrons. The van der Waals surface area contributed by atoms with Gasteiger partial charge in [-0.2, -0.15) is 18.4 Å². The fraction of sp³-hybridized carbons (Fsp3) is 0.200. The highest BCUT2D eigenvalue weighted by Gasteiger charge is 2.38. The Morgan fingerprint density at radius 3 is 2.38 bits per heavy atom. The summed E-state index contributed by atoms with van der Waals surface area (Å²) >= 11 is 5.07. The lowest BCUT2D eigenvalue weighted by molar-refractivity contribution is -0.138. The summed E-state index contributed by atoms with van der Waals surface area (Å²) in [4.78, 5) is 10.9. The van der Waals surface area contributed by atoms with Crippen LogP contribution in [0.1, 0.15) is 27.0 Å². The van der Waals surface area contributed by atoms with E-state index in [0.29, 0.717) is 5.56 Å². The van der Waals surface area contributed by atoms with Gasteiger partial charge >= 0.3 is 6.18 Å². The van der Waals surface area contributed by atoms with Crippen molar-refractivity contribution < 1.29 is 18.0 Å². The second-order valence-electron chi connectivity index (χ2n) is 3.12. The highest BCUT2D eigenvalue weighted by Crippen LogP contribution is 2.35. The molecule has 0 fully saturated rings. The normalized spacial score (nSPS) is 11.0. The van der Waals surface area contributed by atoms with Crippen LogP contribution in [0.25, 0.3) is 0 Å². The standard InChI is InChI=1S/C10H5ClF3NO/c1-5-2-6(4-15)8(10(12,13)14)7(3-5)9(11)16/h2-3H,1H3. The molecule has 0 unspecified atom stereocenters. The maximum Gasteiger partial charge on any atom is 0.418 e. The van der Waals surface area contributed by atoms with Gasteiger partial charge in [-0.25, -0.2) is 0 Å². The van der Waals surface area contributed by atoms with Gasteiger partial charge in [-0.15, -0.1) is 0 Å². The predicted octanol–water partition coefficient (Wildman–Crippen LogP) is 3.26. The summed E-state index contributed by atoms with van der Waals surface area (Å²) in [5.41, 5.74) is -2.20. The van der Waals surface area contributed by atoms with E-state index in [1.807, 2.05) is 0 Å². The van der Waals surface area contributed by atoms with Gasteiger partial charge in [0.25, 0.3) is 5.24 Å². The molecule has 1 aromatic carbocycles. The Morgan fingerprint density at radius 1 is 1.44 bits per heavy atom. The number of alkyl halides is 3. The summed E-state index contributed by atoms with van der Waals surface area (Å²) in [7, 11) is 0. The largest absolute Gasteiger partial charge is 0.418 e. The molecule has 0 aliphatic carbocycles. The summed E-state index contributed by atoms with van der Waals surface area (Å²) < 4.78 is 37.9. The monoisotopic (exact) mass is 247 g/mol. The van der Waals surface area contributed by atoms with Crippen LogP contribution in [-0.2, 0) is 6.18 Å². The topological polar surface area (TPSA) is 40.9 Å². The van der Waals surface area contributed by atoms with Crippen molar-refractivity contribution in [2.45, 2.75) is 13.1 Å². The van der Waals surface area contributed by atoms with E-state index < -0.39 is 28.1 Å². The first kappa shape index (κ1) is 12.5. The van der Waals surface area contributed by atoms with Crippen LogP contribution in [0, 0.1) is 18.3 Å². The Morgan fingerprint density at radius 2 is 2.00 bits per heavy atom.